The van der Waals surface area contributed by atoms with E-state index in [4.69, 9.17) is 0 Å². The van der Waals surface area contributed by atoms with Crippen molar-refractivity contribution in [1.82, 2.24) is 14.7 Å². The van der Waals surface area contributed by atoms with Crippen LogP contribution in [0.5, 0.6) is 0 Å². The number of likely N-dealkylation sites (N-methyl/N-ethyl adjacent to an activating group) is 1. The van der Waals surface area contributed by atoms with Crippen LogP contribution in [0.3, 0.4) is 0 Å². The molecule has 3 rings (SSSR count). The fourth-order valence-electron chi connectivity index (χ4n) is 4.06. The van der Waals surface area contributed by atoms with Crippen molar-refractivity contribution in [2.75, 3.05) is 44.7 Å². The van der Waals surface area contributed by atoms with Crippen LogP contribution in [0.2, 0.25) is 0 Å². The fourth-order valence-corrected chi connectivity index (χ4v) is 5.84. The lowest BCUT2D eigenvalue weighted by molar-refractivity contribution is -0.138. The third-order valence-electron chi connectivity index (χ3n) is 6.15. The molecule has 2 unspecified atom stereocenters. The number of nitrogens with zero attached hydrogens (tertiary/aromatic N) is 3. The number of benzene rings is 1. The molecule has 2 aliphatic heterocycles. The first-order chi connectivity index (χ1) is 13.7. The quantitative estimate of drug-likeness (QED) is 0.700. The third kappa shape index (κ3) is 5.36. The van der Waals surface area contributed by atoms with Crippen molar-refractivity contribution in [2.24, 2.45) is 0 Å². The number of hydrogen-bond acceptors (Lipinski definition) is 5. The van der Waals surface area contributed by atoms with Gasteiger partial charge in [0.2, 0.25) is 11.8 Å². The van der Waals surface area contributed by atoms with Crippen LogP contribution >= 0.6 is 0 Å². The Kier molecular flexibility index (Phi) is 6.63. The second-order valence-corrected chi connectivity index (χ2v) is 10.5. The van der Waals surface area contributed by atoms with Gasteiger partial charge in [-0.3, -0.25) is 14.5 Å². The van der Waals surface area contributed by atoms with E-state index in [1.807, 2.05) is 43.0 Å². The molecule has 2 heterocycles. The molecular weight excluding hydrogens is 390 g/mol. The molecule has 2 fully saturated rings. The molecule has 2 saturated heterocycles. The second-order valence-electron chi connectivity index (χ2n) is 8.26. The standard InChI is InChI=1S/C21H31N3O4S/c1-16-4-6-18(7-5-16)14-20(25)24-11-9-23(10-12-24)17(2)21(26)22(3)19-8-13-29(27,28)15-19/h4-7,17,19H,8-15H2,1-3H3. The minimum atomic E-state index is -3.02. The summed E-state index contributed by atoms with van der Waals surface area (Å²) in [7, 11) is -1.32. The number of sulfone groups is 1. The topological polar surface area (TPSA) is 78.0 Å². The van der Waals surface area contributed by atoms with Gasteiger partial charge in [0.1, 0.15) is 0 Å². The van der Waals surface area contributed by atoms with Crippen molar-refractivity contribution in [1.29, 1.82) is 0 Å². The normalized spacial score (nSPS) is 23.0. The van der Waals surface area contributed by atoms with E-state index in [0.717, 1.165) is 5.56 Å². The highest BCUT2D eigenvalue weighted by Crippen LogP contribution is 2.19. The molecule has 160 valence electrons. The van der Waals surface area contributed by atoms with Gasteiger partial charge >= 0.3 is 0 Å². The van der Waals surface area contributed by atoms with Gasteiger partial charge in [0.05, 0.1) is 24.0 Å². The van der Waals surface area contributed by atoms with E-state index < -0.39 is 9.84 Å². The van der Waals surface area contributed by atoms with Gasteiger partial charge in [-0.05, 0) is 25.8 Å². The summed E-state index contributed by atoms with van der Waals surface area (Å²) in [6.45, 7) is 6.38. The molecule has 7 nitrogen and oxygen atoms in total. The zero-order valence-corrected chi connectivity index (χ0v) is 18.3. The first-order valence-corrected chi connectivity index (χ1v) is 12.0. The van der Waals surface area contributed by atoms with Gasteiger partial charge in [-0.2, -0.15) is 0 Å². The maximum absolute atomic E-state index is 12.8. The second kappa shape index (κ2) is 8.83. The van der Waals surface area contributed by atoms with Gasteiger partial charge in [-0.15, -0.1) is 0 Å². The molecule has 0 saturated carbocycles. The van der Waals surface area contributed by atoms with Crippen molar-refractivity contribution in [2.45, 2.75) is 38.8 Å². The van der Waals surface area contributed by atoms with E-state index in [1.165, 1.54) is 5.56 Å². The smallest absolute Gasteiger partial charge is 0.239 e. The lowest BCUT2D eigenvalue weighted by Gasteiger charge is -2.39. The van der Waals surface area contributed by atoms with Gasteiger partial charge in [0, 0.05) is 39.3 Å². The highest BCUT2D eigenvalue weighted by Gasteiger charge is 2.36. The maximum atomic E-state index is 12.8. The maximum Gasteiger partial charge on any atom is 0.239 e. The molecule has 2 aliphatic rings. The molecule has 0 radical (unpaired) electrons. The average molecular weight is 422 g/mol. The number of piperazine rings is 1. The summed E-state index contributed by atoms with van der Waals surface area (Å²) in [5.74, 6) is 0.279. The van der Waals surface area contributed by atoms with E-state index in [0.29, 0.717) is 39.0 Å². The van der Waals surface area contributed by atoms with Crippen LogP contribution in [0, 0.1) is 6.92 Å². The van der Waals surface area contributed by atoms with Crippen molar-refractivity contribution < 1.29 is 18.0 Å². The van der Waals surface area contributed by atoms with Gasteiger partial charge in [0.25, 0.3) is 0 Å². The number of amides is 2. The molecule has 1 aromatic carbocycles. The molecule has 0 aromatic heterocycles. The van der Waals surface area contributed by atoms with Crippen LogP contribution in [0.1, 0.15) is 24.5 Å². The van der Waals surface area contributed by atoms with Gasteiger partial charge < -0.3 is 9.80 Å². The minimum Gasteiger partial charge on any atom is -0.340 e. The number of aryl methyl sites for hydroxylation is 1. The Morgan fingerprint density at radius 3 is 2.31 bits per heavy atom. The Labute approximate surface area is 173 Å². The SMILES string of the molecule is Cc1ccc(CC(=O)N2CCN(C(C)C(=O)N(C)C3CCS(=O)(=O)C3)CC2)cc1. The van der Waals surface area contributed by atoms with Crippen LogP contribution in [-0.2, 0) is 25.8 Å². The van der Waals surface area contributed by atoms with Crippen LogP contribution in [0.4, 0.5) is 0 Å². The summed E-state index contributed by atoms with van der Waals surface area (Å²) in [5.41, 5.74) is 2.19. The lowest BCUT2D eigenvalue weighted by atomic mass is 10.1. The predicted octanol–water partition coefficient (Wildman–Crippen LogP) is 0.716. The predicted molar refractivity (Wildman–Crippen MR) is 112 cm³/mol. The fraction of sp³-hybridized carbons (Fsp3) is 0.619. The highest BCUT2D eigenvalue weighted by molar-refractivity contribution is 7.91. The number of carbonyl (C=O) groups excluding carboxylic acids is 2. The summed E-state index contributed by atoms with van der Waals surface area (Å²) in [4.78, 5) is 31.0. The Hall–Kier alpha value is -1.93. The highest BCUT2D eigenvalue weighted by atomic mass is 32.2. The van der Waals surface area contributed by atoms with Gasteiger partial charge in [-0.1, -0.05) is 29.8 Å². The molecule has 8 heteroatoms. The number of carbonyl (C=O) groups is 2. The van der Waals surface area contributed by atoms with Gasteiger partial charge in [0.15, 0.2) is 9.84 Å². The Morgan fingerprint density at radius 1 is 1.14 bits per heavy atom. The van der Waals surface area contributed by atoms with E-state index >= 15 is 0 Å². The van der Waals surface area contributed by atoms with Crippen molar-refractivity contribution in [3.8, 4) is 0 Å². The molecule has 0 N–H and O–H groups in total. The third-order valence-corrected chi connectivity index (χ3v) is 7.90. The van der Waals surface area contributed by atoms with Crippen molar-refractivity contribution in [3.63, 3.8) is 0 Å². The van der Waals surface area contributed by atoms with E-state index in [2.05, 4.69) is 4.90 Å². The molecule has 2 amide bonds. The Morgan fingerprint density at radius 2 is 1.76 bits per heavy atom. The molecule has 2 atom stereocenters. The zero-order chi connectivity index (χ0) is 21.2. The van der Waals surface area contributed by atoms with Gasteiger partial charge in [-0.25, -0.2) is 8.42 Å². The minimum absolute atomic E-state index is 0.0495. The van der Waals surface area contributed by atoms with Crippen LogP contribution < -0.4 is 0 Å². The molecule has 0 spiro atoms. The summed E-state index contributed by atoms with van der Waals surface area (Å²) in [6.07, 6.45) is 0.909. The molecule has 1 aromatic rings. The molecule has 0 bridgehead atoms. The van der Waals surface area contributed by atoms with Crippen molar-refractivity contribution in [3.05, 3.63) is 35.4 Å². The van der Waals surface area contributed by atoms with Crippen LogP contribution in [-0.4, -0.2) is 91.7 Å². The summed E-state index contributed by atoms with van der Waals surface area (Å²) >= 11 is 0. The largest absolute Gasteiger partial charge is 0.340 e. The first kappa shape index (κ1) is 21.8. The average Bonchev–Trinajstić information content (AvgIpc) is 3.07. The summed E-state index contributed by atoms with van der Waals surface area (Å²) in [5, 5.41) is 0. The summed E-state index contributed by atoms with van der Waals surface area (Å²) in [6, 6.07) is 7.46. The van der Waals surface area contributed by atoms with Crippen LogP contribution in [0.25, 0.3) is 0 Å². The molecular formula is C21H31N3O4S. The lowest BCUT2D eigenvalue weighted by Crippen LogP contribution is -2.56. The number of rotatable bonds is 5. The molecule has 0 aliphatic carbocycles. The van der Waals surface area contributed by atoms with Crippen LogP contribution in [0.15, 0.2) is 24.3 Å². The number of hydrogen-bond donors (Lipinski definition) is 0. The zero-order valence-electron chi connectivity index (χ0n) is 17.5. The Balaban J connectivity index is 1.49. The summed E-state index contributed by atoms with van der Waals surface area (Å²) < 4.78 is 23.4. The monoisotopic (exact) mass is 421 g/mol. The van der Waals surface area contributed by atoms with E-state index in [-0.39, 0.29) is 35.4 Å². The first-order valence-electron chi connectivity index (χ1n) is 10.2. The van der Waals surface area contributed by atoms with E-state index in [9.17, 15) is 18.0 Å². The van der Waals surface area contributed by atoms with Crippen molar-refractivity contribution >= 4 is 21.7 Å². The molecule has 29 heavy (non-hydrogen) atoms. The van der Waals surface area contributed by atoms with E-state index in [1.54, 1.807) is 11.9 Å². The Bertz CT molecular complexity index is 845.